The number of hydrogen-bond acceptors (Lipinski definition) is 2. The molecule has 3 rings (SSSR count). The van der Waals surface area contributed by atoms with E-state index in [0.717, 1.165) is 30.8 Å². The molecule has 0 aromatic heterocycles. The van der Waals surface area contributed by atoms with Crippen molar-refractivity contribution in [2.24, 2.45) is 0 Å². The molecular weight excluding hydrogens is 276 g/mol. The summed E-state index contributed by atoms with van der Waals surface area (Å²) in [7, 11) is 0. The molecule has 4 heteroatoms. The van der Waals surface area contributed by atoms with Crippen molar-refractivity contribution in [3.8, 4) is 5.75 Å². The number of anilines is 1. The molecule has 2 amide bonds. The highest BCUT2D eigenvalue weighted by Gasteiger charge is 2.21. The van der Waals surface area contributed by atoms with Crippen LogP contribution in [0.2, 0.25) is 0 Å². The number of para-hydroxylation sites is 2. The molecule has 0 bridgehead atoms. The van der Waals surface area contributed by atoms with Crippen LogP contribution in [0.1, 0.15) is 12.0 Å². The number of rotatable bonds is 4. The topological polar surface area (TPSA) is 41.6 Å². The quantitative estimate of drug-likeness (QED) is 0.880. The third-order valence-corrected chi connectivity index (χ3v) is 3.75. The van der Waals surface area contributed by atoms with Crippen LogP contribution < -0.4 is 15.0 Å². The summed E-state index contributed by atoms with van der Waals surface area (Å²) in [5.41, 5.74) is 2.26. The molecule has 0 fully saturated rings. The number of ether oxygens (including phenoxy) is 1. The number of amides is 2. The Morgan fingerprint density at radius 1 is 1.09 bits per heavy atom. The third kappa shape index (κ3) is 3.39. The van der Waals surface area contributed by atoms with E-state index >= 15 is 0 Å². The van der Waals surface area contributed by atoms with Gasteiger partial charge in [0, 0.05) is 12.2 Å². The molecule has 4 nitrogen and oxygen atoms in total. The fourth-order valence-electron chi connectivity index (χ4n) is 2.68. The van der Waals surface area contributed by atoms with E-state index in [-0.39, 0.29) is 6.03 Å². The molecule has 1 heterocycles. The van der Waals surface area contributed by atoms with Crippen molar-refractivity contribution in [3.05, 3.63) is 60.2 Å². The molecule has 0 unspecified atom stereocenters. The van der Waals surface area contributed by atoms with Gasteiger partial charge >= 0.3 is 6.03 Å². The SMILES string of the molecule is O=C(NCCOc1ccccc1)N1CCCc2ccccc21. The molecule has 114 valence electrons. The number of carbonyl (C=O) groups is 1. The van der Waals surface area contributed by atoms with E-state index < -0.39 is 0 Å². The smallest absolute Gasteiger partial charge is 0.321 e. The first kappa shape index (κ1) is 14.4. The molecule has 1 N–H and O–H groups in total. The molecule has 0 aliphatic carbocycles. The summed E-state index contributed by atoms with van der Waals surface area (Å²) in [6.45, 7) is 1.72. The number of nitrogens with zero attached hydrogens (tertiary/aromatic N) is 1. The van der Waals surface area contributed by atoms with Crippen molar-refractivity contribution in [1.29, 1.82) is 0 Å². The van der Waals surface area contributed by atoms with Crippen LogP contribution in [0.25, 0.3) is 0 Å². The monoisotopic (exact) mass is 296 g/mol. The predicted octanol–water partition coefficient (Wildman–Crippen LogP) is 3.23. The lowest BCUT2D eigenvalue weighted by molar-refractivity contribution is 0.241. The fourth-order valence-corrected chi connectivity index (χ4v) is 2.68. The van der Waals surface area contributed by atoms with Gasteiger partial charge in [0.15, 0.2) is 0 Å². The Hall–Kier alpha value is -2.49. The van der Waals surface area contributed by atoms with Gasteiger partial charge in [-0.1, -0.05) is 36.4 Å². The Morgan fingerprint density at radius 3 is 2.73 bits per heavy atom. The van der Waals surface area contributed by atoms with Gasteiger partial charge in [-0.05, 0) is 36.6 Å². The van der Waals surface area contributed by atoms with Crippen molar-refractivity contribution in [2.75, 3.05) is 24.6 Å². The highest BCUT2D eigenvalue weighted by atomic mass is 16.5. The second-order valence-corrected chi connectivity index (χ2v) is 5.28. The lowest BCUT2D eigenvalue weighted by Gasteiger charge is -2.29. The van der Waals surface area contributed by atoms with Crippen LogP contribution in [-0.4, -0.2) is 25.7 Å². The number of nitrogens with one attached hydrogen (secondary N) is 1. The maximum Gasteiger partial charge on any atom is 0.321 e. The molecule has 2 aromatic rings. The molecule has 0 radical (unpaired) electrons. The second-order valence-electron chi connectivity index (χ2n) is 5.28. The van der Waals surface area contributed by atoms with Crippen LogP contribution in [0.5, 0.6) is 5.75 Å². The Bertz CT molecular complexity index is 628. The lowest BCUT2D eigenvalue weighted by Crippen LogP contribution is -2.44. The number of aryl methyl sites for hydroxylation is 1. The number of urea groups is 1. The minimum atomic E-state index is -0.0520. The van der Waals surface area contributed by atoms with Gasteiger partial charge in [-0.2, -0.15) is 0 Å². The minimum Gasteiger partial charge on any atom is -0.492 e. The zero-order valence-electron chi connectivity index (χ0n) is 12.5. The van der Waals surface area contributed by atoms with Gasteiger partial charge < -0.3 is 10.1 Å². The summed E-state index contributed by atoms with van der Waals surface area (Å²) in [6.07, 6.45) is 2.04. The van der Waals surface area contributed by atoms with Gasteiger partial charge in [-0.15, -0.1) is 0 Å². The van der Waals surface area contributed by atoms with Crippen LogP contribution in [0.4, 0.5) is 10.5 Å². The third-order valence-electron chi connectivity index (χ3n) is 3.75. The number of carbonyl (C=O) groups excluding carboxylic acids is 1. The number of hydrogen-bond donors (Lipinski definition) is 1. The highest BCUT2D eigenvalue weighted by molar-refractivity contribution is 5.93. The number of benzene rings is 2. The van der Waals surface area contributed by atoms with Gasteiger partial charge in [-0.3, -0.25) is 4.90 Å². The van der Waals surface area contributed by atoms with E-state index in [2.05, 4.69) is 11.4 Å². The molecule has 0 saturated carbocycles. The van der Waals surface area contributed by atoms with E-state index in [1.807, 2.05) is 53.4 Å². The lowest BCUT2D eigenvalue weighted by atomic mass is 10.0. The molecule has 1 aliphatic rings. The van der Waals surface area contributed by atoms with E-state index in [1.165, 1.54) is 5.56 Å². The summed E-state index contributed by atoms with van der Waals surface area (Å²) in [5, 5.41) is 2.93. The van der Waals surface area contributed by atoms with Gasteiger partial charge in [0.1, 0.15) is 12.4 Å². The zero-order chi connectivity index (χ0) is 15.2. The maximum atomic E-state index is 12.3. The second kappa shape index (κ2) is 6.98. The van der Waals surface area contributed by atoms with Crippen molar-refractivity contribution in [2.45, 2.75) is 12.8 Å². The standard InChI is InChI=1S/C18H20N2O2/c21-18(19-12-14-22-16-9-2-1-3-10-16)20-13-6-8-15-7-4-5-11-17(15)20/h1-5,7,9-11H,6,8,12-14H2,(H,19,21). The largest absolute Gasteiger partial charge is 0.492 e. The average molecular weight is 296 g/mol. The van der Waals surface area contributed by atoms with Crippen LogP contribution in [0.3, 0.4) is 0 Å². The molecule has 1 aliphatic heterocycles. The normalized spacial score (nSPS) is 13.4. The van der Waals surface area contributed by atoms with Crippen LogP contribution in [-0.2, 0) is 6.42 Å². The summed E-state index contributed by atoms with van der Waals surface area (Å²) >= 11 is 0. The molecule has 22 heavy (non-hydrogen) atoms. The van der Waals surface area contributed by atoms with Crippen molar-refractivity contribution in [1.82, 2.24) is 5.32 Å². The van der Waals surface area contributed by atoms with Crippen molar-refractivity contribution in [3.63, 3.8) is 0 Å². The highest BCUT2D eigenvalue weighted by Crippen LogP contribution is 2.26. The maximum absolute atomic E-state index is 12.3. The minimum absolute atomic E-state index is 0.0520. The number of fused-ring (bicyclic) bond motifs is 1. The van der Waals surface area contributed by atoms with Crippen LogP contribution >= 0.6 is 0 Å². The zero-order valence-corrected chi connectivity index (χ0v) is 12.5. The van der Waals surface area contributed by atoms with Gasteiger partial charge in [0.05, 0.1) is 6.54 Å². The van der Waals surface area contributed by atoms with Crippen molar-refractivity contribution >= 4 is 11.7 Å². The summed E-state index contributed by atoms with van der Waals surface area (Å²) in [6, 6.07) is 17.7. The molecule has 0 atom stereocenters. The van der Waals surface area contributed by atoms with E-state index in [1.54, 1.807) is 0 Å². The molecule has 0 spiro atoms. The fraction of sp³-hybridized carbons (Fsp3) is 0.278. The first-order valence-electron chi connectivity index (χ1n) is 7.66. The van der Waals surface area contributed by atoms with Gasteiger partial charge in [0.25, 0.3) is 0 Å². The summed E-state index contributed by atoms with van der Waals surface area (Å²) in [4.78, 5) is 14.2. The Morgan fingerprint density at radius 2 is 1.86 bits per heavy atom. The van der Waals surface area contributed by atoms with E-state index in [0.29, 0.717) is 13.2 Å². The van der Waals surface area contributed by atoms with E-state index in [4.69, 9.17) is 4.74 Å². The first-order chi connectivity index (χ1) is 10.8. The molecular formula is C18H20N2O2. The molecule has 2 aromatic carbocycles. The van der Waals surface area contributed by atoms with Gasteiger partial charge in [0.2, 0.25) is 0 Å². The van der Waals surface area contributed by atoms with E-state index in [9.17, 15) is 4.79 Å². The predicted molar refractivity (Wildman–Crippen MR) is 87.4 cm³/mol. The molecule has 0 saturated heterocycles. The Balaban J connectivity index is 1.51. The summed E-state index contributed by atoms with van der Waals surface area (Å²) in [5.74, 6) is 0.820. The average Bonchev–Trinajstić information content (AvgIpc) is 2.59. The van der Waals surface area contributed by atoms with Crippen LogP contribution in [0, 0.1) is 0 Å². The summed E-state index contributed by atoms with van der Waals surface area (Å²) < 4.78 is 5.58. The van der Waals surface area contributed by atoms with Crippen molar-refractivity contribution < 1.29 is 9.53 Å². The van der Waals surface area contributed by atoms with Crippen LogP contribution in [0.15, 0.2) is 54.6 Å². The first-order valence-corrected chi connectivity index (χ1v) is 7.66. The Kier molecular flexibility index (Phi) is 4.59. The Labute approximate surface area is 130 Å². The van der Waals surface area contributed by atoms with Gasteiger partial charge in [-0.25, -0.2) is 4.79 Å².